The second-order valence-electron chi connectivity index (χ2n) is 5.47. The molecule has 0 aromatic heterocycles. The molecule has 1 amide bonds. The second-order valence-corrected chi connectivity index (χ2v) is 5.47. The molecule has 1 fully saturated rings. The largest absolute Gasteiger partial charge is 0.471 e. The van der Waals surface area contributed by atoms with Crippen LogP contribution in [0.1, 0.15) is 41.9 Å². The molecular weight excluding hydrogens is 355 g/mol. The molecule has 1 aromatic carbocycles. The van der Waals surface area contributed by atoms with Crippen LogP contribution in [0.4, 0.5) is 22.0 Å². The number of carbonyl (C=O) groups excluding carboxylic acids is 1. The van der Waals surface area contributed by atoms with Crippen molar-refractivity contribution in [1.82, 2.24) is 10.6 Å². The van der Waals surface area contributed by atoms with Crippen molar-refractivity contribution in [3.05, 3.63) is 34.9 Å². The van der Waals surface area contributed by atoms with Gasteiger partial charge in [0.05, 0.1) is 0 Å². The van der Waals surface area contributed by atoms with Crippen LogP contribution >= 0.6 is 12.4 Å². The number of piperidine rings is 1. The summed E-state index contributed by atoms with van der Waals surface area (Å²) in [7, 11) is 0. The minimum absolute atomic E-state index is 0. The van der Waals surface area contributed by atoms with E-state index in [9.17, 15) is 26.7 Å². The summed E-state index contributed by atoms with van der Waals surface area (Å²) in [4.78, 5) is 10.8. The molecule has 0 aliphatic carbocycles. The van der Waals surface area contributed by atoms with Crippen LogP contribution in [0.2, 0.25) is 0 Å². The van der Waals surface area contributed by atoms with Gasteiger partial charge in [-0.15, -0.1) is 12.4 Å². The first-order chi connectivity index (χ1) is 10.8. The average Bonchev–Trinajstić information content (AvgIpc) is 2.52. The lowest BCUT2D eigenvalue weighted by Gasteiger charge is -2.25. The molecule has 0 saturated carbocycles. The third-order valence-electron chi connectivity index (χ3n) is 3.88. The highest BCUT2D eigenvalue weighted by molar-refractivity contribution is 5.85. The Kier molecular flexibility index (Phi) is 7.41. The Morgan fingerprint density at radius 1 is 1.25 bits per heavy atom. The molecule has 0 radical (unpaired) electrons. The molecule has 136 valence electrons. The fraction of sp³-hybridized carbons (Fsp3) is 0.533. The van der Waals surface area contributed by atoms with Gasteiger partial charge in [-0.2, -0.15) is 13.2 Å². The molecule has 9 heteroatoms. The van der Waals surface area contributed by atoms with Crippen molar-refractivity contribution in [2.45, 2.75) is 37.9 Å². The SMILES string of the molecule is Cl.O=C(NCc1ccc(C(F)F)c(C2CCNCC2)c1)C(F)(F)F. The van der Waals surface area contributed by atoms with E-state index in [1.165, 1.54) is 18.2 Å². The van der Waals surface area contributed by atoms with E-state index >= 15 is 0 Å². The highest BCUT2D eigenvalue weighted by Crippen LogP contribution is 2.34. The zero-order chi connectivity index (χ0) is 17.0. The standard InChI is InChI=1S/C15H17F5N2O.ClH/c16-13(17)11-2-1-9(8-22-14(23)15(18,19)20)7-12(11)10-3-5-21-6-4-10;/h1-2,7,10,13,21H,3-6,8H2,(H,22,23);1H. The highest BCUT2D eigenvalue weighted by atomic mass is 35.5. The van der Waals surface area contributed by atoms with Gasteiger partial charge >= 0.3 is 12.1 Å². The van der Waals surface area contributed by atoms with Gasteiger partial charge in [0.1, 0.15) is 0 Å². The zero-order valence-corrected chi connectivity index (χ0v) is 13.4. The molecule has 1 aromatic rings. The van der Waals surface area contributed by atoms with Crippen LogP contribution in [0.5, 0.6) is 0 Å². The number of halogens is 6. The first kappa shape index (κ1) is 20.6. The van der Waals surface area contributed by atoms with Gasteiger partial charge in [0.15, 0.2) is 0 Å². The number of hydrogen-bond donors (Lipinski definition) is 2. The van der Waals surface area contributed by atoms with Gasteiger partial charge in [-0.25, -0.2) is 8.78 Å². The van der Waals surface area contributed by atoms with E-state index < -0.39 is 18.5 Å². The summed E-state index contributed by atoms with van der Waals surface area (Å²) >= 11 is 0. The lowest BCUT2D eigenvalue weighted by Crippen LogP contribution is -2.36. The second kappa shape index (κ2) is 8.62. The van der Waals surface area contributed by atoms with Crippen molar-refractivity contribution in [1.29, 1.82) is 0 Å². The lowest BCUT2D eigenvalue weighted by atomic mass is 9.86. The van der Waals surface area contributed by atoms with E-state index in [-0.39, 0.29) is 30.4 Å². The monoisotopic (exact) mass is 372 g/mol. The number of nitrogens with one attached hydrogen (secondary N) is 2. The van der Waals surface area contributed by atoms with Gasteiger partial charge in [0.2, 0.25) is 0 Å². The topological polar surface area (TPSA) is 41.1 Å². The molecule has 1 aliphatic heterocycles. The predicted octanol–water partition coefficient (Wildman–Crippen LogP) is 3.69. The van der Waals surface area contributed by atoms with Crippen LogP contribution < -0.4 is 10.6 Å². The molecule has 24 heavy (non-hydrogen) atoms. The van der Waals surface area contributed by atoms with Crippen molar-refractivity contribution in [2.75, 3.05) is 13.1 Å². The maximum Gasteiger partial charge on any atom is 0.471 e. The van der Waals surface area contributed by atoms with Gasteiger partial charge in [-0.05, 0) is 43.0 Å². The van der Waals surface area contributed by atoms with E-state index in [0.29, 0.717) is 37.1 Å². The van der Waals surface area contributed by atoms with E-state index in [2.05, 4.69) is 5.32 Å². The summed E-state index contributed by atoms with van der Waals surface area (Å²) in [6.07, 6.45) is -6.21. The Morgan fingerprint density at radius 3 is 2.42 bits per heavy atom. The molecule has 2 rings (SSSR count). The summed E-state index contributed by atoms with van der Waals surface area (Å²) in [6.45, 7) is 1.07. The number of amides is 1. The Bertz CT molecular complexity index is 559. The van der Waals surface area contributed by atoms with Crippen LogP contribution in [0.3, 0.4) is 0 Å². The smallest absolute Gasteiger partial charge is 0.344 e. The maximum atomic E-state index is 13.2. The highest BCUT2D eigenvalue weighted by Gasteiger charge is 2.38. The zero-order valence-electron chi connectivity index (χ0n) is 12.6. The third kappa shape index (κ3) is 5.31. The van der Waals surface area contributed by atoms with Crippen LogP contribution in [-0.4, -0.2) is 25.2 Å². The molecule has 0 unspecified atom stereocenters. The summed E-state index contributed by atoms with van der Waals surface area (Å²) in [5, 5.41) is 4.89. The minimum atomic E-state index is -4.96. The van der Waals surface area contributed by atoms with E-state index in [1.54, 1.807) is 5.32 Å². The molecule has 0 atom stereocenters. The Balaban J connectivity index is 0.00000288. The fourth-order valence-corrected chi connectivity index (χ4v) is 2.70. The number of hydrogen-bond acceptors (Lipinski definition) is 2. The first-order valence-corrected chi connectivity index (χ1v) is 7.25. The molecule has 2 N–H and O–H groups in total. The van der Waals surface area contributed by atoms with Crippen molar-refractivity contribution >= 4 is 18.3 Å². The minimum Gasteiger partial charge on any atom is -0.344 e. The molecule has 0 bridgehead atoms. The van der Waals surface area contributed by atoms with Crippen LogP contribution in [0.15, 0.2) is 18.2 Å². The van der Waals surface area contributed by atoms with E-state index in [1.807, 2.05) is 0 Å². The maximum absolute atomic E-state index is 13.2. The molecule has 0 spiro atoms. The lowest BCUT2D eigenvalue weighted by molar-refractivity contribution is -0.173. The summed E-state index contributed by atoms with van der Waals surface area (Å²) < 4.78 is 62.8. The Hall–Kier alpha value is -1.41. The van der Waals surface area contributed by atoms with Crippen LogP contribution in [-0.2, 0) is 11.3 Å². The van der Waals surface area contributed by atoms with E-state index in [4.69, 9.17) is 0 Å². The van der Waals surface area contributed by atoms with Crippen LogP contribution in [0.25, 0.3) is 0 Å². The van der Waals surface area contributed by atoms with Gasteiger partial charge in [0, 0.05) is 12.1 Å². The Morgan fingerprint density at radius 2 is 1.88 bits per heavy atom. The quantitative estimate of drug-likeness (QED) is 0.791. The fourth-order valence-electron chi connectivity index (χ4n) is 2.70. The summed E-state index contributed by atoms with van der Waals surface area (Å²) in [6, 6.07) is 4.04. The third-order valence-corrected chi connectivity index (χ3v) is 3.88. The van der Waals surface area contributed by atoms with Gasteiger partial charge in [-0.3, -0.25) is 4.79 Å². The average molecular weight is 373 g/mol. The molecule has 3 nitrogen and oxygen atoms in total. The first-order valence-electron chi connectivity index (χ1n) is 7.25. The number of carbonyl (C=O) groups is 1. The van der Waals surface area contributed by atoms with Crippen molar-refractivity contribution < 1.29 is 26.7 Å². The van der Waals surface area contributed by atoms with Gasteiger partial charge in [0.25, 0.3) is 6.43 Å². The molecule has 1 aliphatic rings. The number of alkyl halides is 5. The van der Waals surface area contributed by atoms with Gasteiger partial charge < -0.3 is 10.6 Å². The van der Waals surface area contributed by atoms with Crippen molar-refractivity contribution in [2.24, 2.45) is 0 Å². The van der Waals surface area contributed by atoms with Gasteiger partial charge in [-0.1, -0.05) is 18.2 Å². The summed E-state index contributed by atoms with van der Waals surface area (Å²) in [5.41, 5.74) is 0.739. The molecular formula is C15H18ClF5N2O. The van der Waals surface area contributed by atoms with Crippen molar-refractivity contribution in [3.63, 3.8) is 0 Å². The van der Waals surface area contributed by atoms with Crippen LogP contribution in [0, 0.1) is 0 Å². The predicted molar refractivity (Wildman–Crippen MR) is 81.4 cm³/mol. The number of benzene rings is 1. The summed E-state index contributed by atoms with van der Waals surface area (Å²) in [5.74, 6) is -2.10. The normalized spacial score (nSPS) is 15.9. The molecule has 1 saturated heterocycles. The van der Waals surface area contributed by atoms with Crippen molar-refractivity contribution in [3.8, 4) is 0 Å². The van der Waals surface area contributed by atoms with E-state index in [0.717, 1.165) is 0 Å². The Labute approximate surface area is 142 Å². The number of rotatable bonds is 4. The molecule has 1 heterocycles.